The molecule has 0 bridgehead atoms. The summed E-state index contributed by atoms with van der Waals surface area (Å²) in [6, 6.07) is 7.13. The molecule has 1 atom stereocenters. The number of aliphatic hydroxyl groups excluding tert-OH is 1. The number of aliphatic hydroxyl groups is 1. The monoisotopic (exact) mass is 320 g/mol. The van der Waals surface area contributed by atoms with E-state index in [-0.39, 0.29) is 24.2 Å². The lowest BCUT2D eigenvalue weighted by atomic mass is 10.1. The molecule has 0 aliphatic heterocycles. The SMILES string of the molecule is O=C(NC(CCO)C1CC1)c1ncoc1-c1ccccc1Cl. The molecule has 1 heterocycles. The third-order valence-corrected chi connectivity index (χ3v) is 4.18. The molecule has 1 aromatic carbocycles. The van der Waals surface area contributed by atoms with E-state index in [1.54, 1.807) is 12.1 Å². The number of aromatic nitrogens is 1. The van der Waals surface area contributed by atoms with Gasteiger partial charge in [0.05, 0.1) is 5.02 Å². The van der Waals surface area contributed by atoms with Crippen LogP contribution in [0.1, 0.15) is 29.8 Å². The van der Waals surface area contributed by atoms with Crippen molar-refractivity contribution in [1.29, 1.82) is 0 Å². The number of rotatable bonds is 6. The van der Waals surface area contributed by atoms with Crippen molar-refractivity contribution in [1.82, 2.24) is 10.3 Å². The Morgan fingerprint density at radius 2 is 2.23 bits per heavy atom. The molecule has 2 aromatic rings. The average molecular weight is 321 g/mol. The van der Waals surface area contributed by atoms with Crippen LogP contribution in [0.2, 0.25) is 5.02 Å². The summed E-state index contributed by atoms with van der Waals surface area (Å²) in [6.45, 7) is 0.0532. The molecule has 1 saturated carbocycles. The number of hydrogen-bond donors (Lipinski definition) is 2. The normalized spacial score (nSPS) is 15.5. The van der Waals surface area contributed by atoms with Crippen LogP contribution in [-0.2, 0) is 0 Å². The highest BCUT2D eigenvalue weighted by Crippen LogP contribution is 2.34. The van der Waals surface area contributed by atoms with Gasteiger partial charge in [-0.15, -0.1) is 0 Å². The van der Waals surface area contributed by atoms with E-state index in [2.05, 4.69) is 10.3 Å². The highest BCUT2D eigenvalue weighted by molar-refractivity contribution is 6.33. The number of carbonyl (C=O) groups is 1. The van der Waals surface area contributed by atoms with Crippen molar-refractivity contribution < 1.29 is 14.3 Å². The summed E-state index contributed by atoms with van der Waals surface area (Å²) < 4.78 is 5.36. The standard InChI is InChI=1S/C16H17ClN2O3/c17-12-4-2-1-3-11(12)15-14(18-9-22-15)16(21)19-13(7-8-20)10-5-6-10/h1-4,9-10,13,20H,5-8H2,(H,19,21). The number of nitrogens with zero attached hydrogens (tertiary/aromatic N) is 1. The molecule has 0 saturated heterocycles. The number of amides is 1. The first-order chi connectivity index (χ1) is 10.7. The van der Waals surface area contributed by atoms with E-state index in [4.69, 9.17) is 21.1 Å². The molecular weight excluding hydrogens is 304 g/mol. The molecular formula is C16H17ClN2O3. The van der Waals surface area contributed by atoms with Crippen LogP contribution in [0.3, 0.4) is 0 Å². The first-order valence-electron chi connectivity index (χ1n) is 7.31. The maximum absolute atomic E-state index is 12.5. The Bertz CT molecular complexity index is 667. The highest BCUT2D eigenvalue weighted by atomic mass is 35.5. The van der Waals surface area contributed by atoms with Gasteiger partial charge in [-0.3, -0.25) is 4.79 Å². The van der Waals surface area contributed by atoms with E-state index in [0.29, 0.717) is 28.7 Å². The molecule has 1 aromatic heterocycles. The minimum Gasteiger partial charge on any atom is -0.443 e. The van der Waals surface area contributed by atoms with Crippen molar-refractivity contribution in [3.05, 3.63) is 41.4 Å². The molecule has 5 nitrogen and oxygen atoms in total. The van der Waals surface area contributed by atoms with Gasteiger partial charge in [-0.05, 0) is 37.3 Å². The zero-order valence-electron chi connectivity index (χ0n) is 12.0. The Morgan fingerprint density at radius 3 is 2.91 bits per heavy atom. The molecule has 2 N–H and O–H groups in total. The molecule has 6 heteroatoms. The Kier molecular flexibility index (Phi) is 4.45. The molecule has 1 unspecified atom stereocenters. The van der Waals surface area contributed by atoms with E-state index in [0.717, 1.165) is 12.8 Å². The summed E-state index contributed by atoms with van der Waals surface area (Å²) in [5, 5.41) is 12.6. The summed E-state index contributed by atoms with van der Waals surface area (Å²) in [4.78, 5) is 16.5. The molecule has 116 valence electrons. The van der Waals surface area contributed by atoms with Crippen molar-refractivity contribution in [2.75, 3.05) is 6.61 Å². The Labute approximate surface area is 133 Å². The van der Waals surface area contributed by atoms with Gasteiger partial charge in [0.25, 0.3) is 5.91 Å². The minimum atomic E-state index is -0.297. The number of halogens is 1. The molecule has 1 aliphatic rings. The molecule has 22 heavy (non-hydrogen) atoms. The fourth-order valence-corrected chi connectivity index (χ4v) is 2.77. The van der Waals surface area contributed by atoms with Crippen molar-refractivity contribution in [3.63, 3.8) is 0 Å². The van der Waals surface area contributed by atoms with Crippen molar-refractivity contribution >= 4 is 17.5 Å². The lowest BCUT2D eigenvalue weighted by Gasteiger charge is -2.16. The quantitative estimate of drug-likeness (QED) is 0.858. The van der Waals surface area contributed by atoms with Crippen LogP contribution in [0.25, 0.3) is 11.3 Å². The van der Waals surface area contributed by atoms with Crippen molar-refractivity contribution in [2.45, 2.75) is 25.3 Å². The van der Waals surface area contributed by atoms with Crippen LogP contribution in [-0.4, -0.2) is 28.6 Å². The number of hydrogen-bond acceptors (Lipinski definition) is 4. The van der Waals surface area contributed by atoms with Crippen LogP contribution in [0.4, 0.5) is 0 Å². The first kappa shape index (κ1) is 15.1. The van der Waals surface area contributed by atoms with Crippen LogP contribution < -0.4 is 5.32 Å². The zero-order chi connectivity index (χ0) is 15.5. The topological polar surface area (TPSA) is 75.4 Å². The number of carbonyl (C=O) groups excluding carboxylic acids is 1. The number of benzene rings is 1. The fraction of sp³-hybridized carbons (Fsp3) is 0.375. The van der Waals surface area contributed by atoms with E-state index < -0.39 is 0 Å². The highest BCUT2D eigenvalue weighted by Gasteiger charge is 2.33. The van der Waals surface area contributed by atoms with E-state index >= 15 is 0 Å². The Morgan fingerprint density at radius 1 is 1.45 bits per heavy atom. The predicted octanol–water partition coefficient (Wildman–Crippen LogP) is 2.89. The molecule has 1 aliphatic carbocycles. The van der Waals surface area contributed by atoms with Gasteiger partial charge in [0.15, 0.2) is 17.8 Å². The second-order valence-electron chi connectivity index (χ2n) is 5.44. The van der Waals surface area contributed by atoms with Crippen molar-refractivity contribution in [3.8, 4) is 11.3 Å². The lowest BCUT2D eigenvalue weighted by Crippen LogP contribution is -2.37. The summed E-state index contributed by atoms with van der Waals surface area (Å²) in [5.41, 5.74) is 0.855. The minimum absolute atomic E-state index is 0.0201. The Balaban J connectivity index is 1.82. The molecule has 3 rings (SSSR count). The molecule has 0 spiro atoms. The molecule has 1 amide bonds. The lowest BCUT2D eigenvalue weighted by molar-refractivity contribution is 0.0920. The second-order valence-corrected chi connectivity index (χ2v) is 5.85. The van der Waals surface area contributed by atoms with Gasteiger partial charge in [0, 0.05) is 18.2 Å². The fourth-order valence-electron chi connectivity index (χ4n) is 2.54. The smallest absolute Gasteiger partial charge is 0.274 e. The zero-order valence-corrected chi connectivity index (χ0v) is 12.7. The van der Waals surface area contributed by atoms with E-state index in [1.165, 1.54) is 6.39 Å². The summed E-state index contributed by atoms with van der Waals surface area (Å²) in [7, 11) is 0. The van der Waals surface area contributed by atoms with Crippen LogP contribution in [0.5, 0.6) is 0 Å². The van der Waals surface area contributed by atoms with Gasteiger partial charge >= 0.3 is 0 Å². The Hall–Kier alpha value is -1.85. The van der Waals surface area contributed by atoms with Gasteiger partial charge in [-0.2, -0.15) is 0 Å². The van der Waals surface area contributed by atoms with Gasteiger partial charge in [0.1, 0.15) is 0 Å². The third-order valence-electron chi connectivity index (χ3n) is 3.85. The number of oxazole rings is 1. The first-order valence-corrected chi connectivity index (χ1v) is 7.68. The third kappa shape index (κ3) is 3.15. The predicted molar refractivity (Wildman–Crippen MR) is 82.6 cm³/mol. The van der Waals surface area contributed by atoms with Crippen LogP contribution >= 0.6 is 11.6 Å². The molecule has 0 radical (unpaired) electrons. The summed E-state index contributed by atoms with van der Waals surface area (Å²) in [6.07, 6.45) is 3.96. The molecule has 1 fully saturated rings. The maximum atomic E-state index is 12.5. The van der Waals surface area contributed by atoms with Gasteiger partial charge < -0.3 is 14.8 Å². The number of nitrogens with one attached hydrogen (secondary N) is 1. The van der Waals surface area contributed by atoms with Gasteiger partial charge in [-0.1, -0.05) is 23.7 Å². The summed E-state index contributed by atoms with van der Waals surface area (Å²) in [5.74, 6) is 0.516. The van der Waals surface area contributed by atoms with E-state index in [9.17, 15) is 4.79 Å². The van der Waals surface area contributed by atoms with Gasteiger partial charge in [0.2, 0.25) is 0 Å². The van der Waals surface area contributed by atoms with Crippen LogP contribution in [0, 0.1) is 5.92 Å². The second kappa shape index (κ2) is 6.50. The average Bonchev–Trinajstić information content (AvgIpc) is 3.24. The van der Waals surface area contributed by atoms with Crippen molar-refractivity contribution in [2.24, 2.45) is 5.92 Å². The largest absolute Gasteiger partial charge is 0.443 e. The summed E-state index contributed by atoms with van der Waals surface area (Å²) >= 11 is 6.16. The van der Waals surface area contributed by atoms with E-state index in [1.807, 2.05) is 12.1 Å². The van der Waals surface area contributed by atoms with Crippen LogP contribution in [0.15, 0.2) is 35.1 Å². The maximum Gasteiger partial charge on any atom is 0.274 e. The van der Waals surface area contributed by atoms with Gasteiger partial charge in [-0.25, -0.2) is 4.98 Å².